The van der Waals surface area contributed by atoms with E-state index in [0.29, 0.717) is 5.56 Å². The SMILES string of the molecule is O=C(Nc1ncc(-c2ccccn2)cn1)c1ccc(F)cc1. The molecule has 6 heteroatoms. The summed E-state index contributed by atoms with van der Waals surface area (Å²) in [5, 5.41) is 2.55. The van der Waals surface area contributed by atoms with Gasteiger partial charge in [0, 0.05) is 29.7 Å². The van der Waals surface area contributed by atoms with Crippen LogP contribution in [0.4, 0.5) is 10.3 Å². The number of carbonyl (C=O) groups excluding carboxylic acids is 1. The molecule has 2 aromatic heterocycles. The van der Waals surface area contributed by atoms with Gasteiger partial charge in [-0.2, -0.15) is 0 Å². The number of halogens is 1. The highest BCUT2D eigenvalue weighted by atomic mass is 19.1. The van der Waals surface area contributed by atoms with Crippen molar-refractivity contribution in [2.45, 2.75) is 0 Å². The van der Waals surface area contributed by atoms with Crippen molar-refractivity contribution >= 4 is 11.9 Å². The first kappa shape index (κ1) is 13.8. The van der Waals surface area contributed by atoms with Crippen molar-refractivity contribution in [1.82, 2.24) is 15.0 Å². The number of nitrogens with zero attached hydrogens (tertiary/aromatic N) is 3. The van der Waals surface area contributed by atoms with Crippen LogP contribution in [0.3, 0.4) is 0 Å². The Morgan fingerprint density at radius 1 is 0.955 bits per heavy atom. The average molecular weight is 294 g/mol. The fourth-order valence-electron chi connectivity index (χ4n) is 1.83. The molecular formula is C16H11FN4O. The smallest absolute Gasteiger partial charge is 0.258 e. The Labute approximate surface area is 125 Å². The van der Waals surface area contributed by atoms with E-state index in [2.05, 4.69) is 20.3 Å². The lowest BCUT2D eigenvalue weighted by atomic mass is 10.2. The molecular weight excluding hydrogens is 283 g/mol. The van der Waals surface area contributed by atoms with E-state index in [1.807, 2.05) is 18.2 Å². The number of anilines is 1. The van der Waals surface area contributed by atoms with Crippen LogP contribution in [-0.4, -0.2) is 20.9 Å². The van der Waals surface area contributed by atoms with E-state index in [1.54, 1.807) is 18.6 Å². The summed E-state index contributed by atoms with van der Waals surface area (Å²) in [4.78, 5) is 24.3. The van der Waals surface area contributed by atoms with Crippen molar-refractivity contribution in [3.05, 3.63) is 72.4 Å². The summed E-state index contributed by atoms with van der Waals surface area (Å²) in [5.41, 5.74) is 1.83. The zero-order valence-electron chi connectivity index (χ0n) is 11.4. The molecule has 1 aromatic carbocycles. The average Bonchev–Trinajstić information content (AvgIpc) is 2.57. The third-order valence-corrected chi connectivity index (χ3v) is 2.94. The van der Waals surface area contributed by atoms with E-state index in [4.69, 9.17) is 0 Å². The minimum Gasteiger partial charge on any atom is -0.290 e. The number of rotatable bonds is 3. The quantitative estimate of drug-likeness (QED) is 0.806. The van der Waals surface area contributed by atoms with Crippen molar-refractivity contribution in [3.8, 4) is 11.3 Å². The summed E-state index contributed by atoms with van der Waals surface area (Å²) in [7, 11) is 0. The van der Waals surface area contributed by atoms with Crippen LogP contribution in [0.2, 0.25) is 0 Å². The van der Waals surface area contributed by atoms with Crippen LogP contribution in [0, 0.1) is 5.82 Å². The summed E-state index contributed by atoms with van der Waals surface area (Å²) in [5.74, 6) is -0.618. The van der Waals surface area contributed by atoms with Crippen LogP contribution in [0.25, 0.3) is 11.3 Å². The molecule has 0 radical (unpaired) electrons. The van der Waals surface area contributed by atoms with Crippen molar-refractivity contribution < 1.29 is 9.18 Å². The Hall–Kier alpha value is -3.15. The van der Waals surface area contributed by atoms with Gasteiger partial charge in [0.1, 0.15) is 5.82 Å². The number of benzene rings is 1. The molecule has 0 fully saturated rings. The second-order valence-electron chi connectivity index (χ2n) is 4.47. The predicted octanol–water partition coefficient (Wildman–Crippen LogP) is 2.93. The molecule has 1 amide bonds. The zero-order chi connectivity index (χ0) is 15.4. The molecule has 0 unspecified atom stereocenters. The fraction of sp³-hybridized carbons (Fsp3) is 0. The number of carbonyl (C=O) groups is 1. The van der Waals surface area contributed by atoms with Crippen molar-refractivity contribution in [1.29, 1.82) is 0 Å². The lowest BCUT2D eigenvalue weighted by Gasteiger charge is -2.04. The molecule has 1 N–H and O–H groups in total. The predicted molar refractivity (Wildman–Crippen MR) is 79.6 cm³/mol. The van der Waals surface area contributed by atoms with E-state index in [0.717, 1.165) is 11.3 Å². The molecule has 22 heavy (non-hydrogen) atoms. The maximum atomic E-state index is 12.8. The fourth-order valence-corrected chi connectivity index (χ4v) is 1.83. The Morgan fingerprint density at radius 2 is 1.68 bits per heavy atom. The minimum atomic E-state index is -0.398. The largest absolute Gasteiger partial charge is 0.290 e. The number of pyridine rings is 1. The number of aromatic nitrogens is 3. The summed E-state index contributed by atoms with van der Waals surface area (Å²) in [6.07, 6.45) is 4.84. The van der Waals surface area contributed by atoms with Crippen LogP contribution in [0.5, 0.6) is 0 Å². The highest BCUT2D eigenvalue weighted by molar-refractivity contribution is 6.03. The van der Waals surface area contributed by atoms with Gasteiger partial charge in [0.05, 0.1) is 5.69 Å². The van der Waals surface area contributed by atoms with E-state index in [1.165, 1.54) is 24.3 Å². The van der Waals surface area contributed by atoms with Gasteiger partial charge in [-0.15, -0.1) is 0 Å². The molecule has 3 aromatic rings. The van der Waals surface area contributed by atoms with Crippen molar-refractivity contribution in [2.24, 2.45) is 0 Å². The molecule has 0 saturated carbocycles. The van der Waals surface area contributed by atoms with Gasteiger partial charge >= 0.3 is 0 Å². The molecule has 0 aliphatic rings. The van der Waals surface area contributed by atoms with Gasteiger partial charge in [-0.1, -0.05) is 6.07 Å². The highest BCUT2D eigenvalue weighted by Crippen LogP contribution is 2.14. The van der Waals surface area contributed by atoms with Crippen molar-refractivity contribution in [3.63, 3.8) is 0 Å². The summed E-state index contributed by atoms with van der Waals surface area (Å²) in [6.45, 7) is 0. The minimum absolute atomic E-state index is 0.175. The van der Waals surface area contributed by atoms with Crippen LogP contribution in [0.1, 0.15) is 10.4 Å². The summed E-state index contributed by atoms with van der Waals surface area (Å²) in [6, 6.07) is 10.8. The van der Waals surface area contributed by atoms with Crippen LogP contribution >= 0.6 is 0 Å². The molecule has 0 atom stereocenters. The first-order valence-corrected chi connectivity index (χ1v) is 6.53. The standard InChI is InChI=1S/C16H11FN4O/c17-13-6-4-11(5-7-13)15(22)21-16-19-9-12(10-20-16)14-3-1-2-8-18-14/h1-10H,(H,19,20,21,22). The molecule has 0 spiro atoms. The third kappa shape index (κ3) is 3.12. The van der Waals surface area contributed by atoms with Gasteiger partial charge in [-0.05, 0) is 36.4 Å². The van der Waals surface area contributed by atoms with Gasteiger partial charge in [-0.25, -0.2) is 14.4 Å². The third-order valence-electron chi connectivity index (χ3n) is 2.94. The molecule has 108 valence electrons. The Kier molecular flexibility index (Phi) is 3.82. The van der Waals surface area contributed by atoms with E-state index < -0.39 is 11.7 Å². The normalized spacial score (nSPS) is 10.2. The number of amides is 1. The van der Waals surface area contributed by atoms with Gasteiger partial charge in [0.15, 0.2) is 0 Å². The molecule has 0 aliphatic heterocycles. The van der Waals surface area contributed by atoms with Gasteiger partial charge in [-0.3, -0.25) is 15.1 Å². The number of nitrogens with one attached hydrogen (secondary N) is 1. The first-order valence-electron chi connectivity index (χ1n) is 6.53. The molecule has 5 nitrogen and oxygen atoms in total. The van der Waals surface area contributed by atoms with Crippen LogP contribution in [-0.2, 0) is 0 Å². The molecule has 3 rings (SSSR count). The first-order chi connectivity index (χ1) is 10.7. The highest BCUT2D eigenvalue weighted by Gasteiger charge is 2.08. The lowest BCUT2D eigenvalue weighted by molar-refractivity contribution is 0.102. The number of hydrogen-bond donors (Lipinski definition) is 1. The van der Waals surface area contributed by atoms with E-state index in [-0.39, 0.29) is 5.95 Å². The molecule has 2 heterocycles. The zero-order valence-corrected chi connectivity index (χ0v) is 11.4. The molecule has 0 saturated heterocycles. The van der Waals surface area contributed by atoms with Crippen molar-refractivity contribution in [2.75, 3.05) is 5.32 Å². The monoisotopic (exact) mass is 294 g/mol. The topological polar surface area (TPSA) is 67.8 Å². The second-order valence-corrected chi connectivity index (χ2v) is 4.47. The van der Waals surface area contributed by atoms with Gasteiger partial charge < -0.3 is 0 Å². The second kappa shape index (κ2) is 6.09. The lowest BCUT2D eigenvalue weighted by Crippen LogP contribution is -2.14. The maximum Gasteiger partial charge on any atom is 0.258 e. The number of hydrogen-bond acceptors (Lipinski definition) is 4. The van der Waals surface area contributed by atoms with Gasteiger partial charge in [0.2, 0.25) is 5.95 Å². The Morgan fingerprint density at radius 3 is 2.32 bits per heavy atom. The van der Waals surface area contributed by atoms with Gasteiger partial charge in [0.25, 0.3) is 5.91 Å². The van der Waals surface area contributed by atoms with Crippen LogP contribution in [0.15, 0.2) is 61.1 Å². The Balaban J connectivity index is 1.73. The Bertz CT molecular complexity index is 774. The maximum absolute atomic E-state index is 12.8. The van der Waals surface area contributed by atoms with E-state index in [9.17, 15) is 9.18 Å². The molecule has 0 aliphatic carbocycles. The van der Waals surface area contributed by atoms with E-state index >= 15 is 0 Å². The summed E-state index contributed by atoms with van der Waals surface area (Å²) >= 11 is 0. The van der Waals surface area contributed by atoms with Crippen LogP contribution < -0.4 is 5.32 Å². The molecule has 0 bridgehead atoms. The summed E-state index contributed by atoms with van der Waals surface area (Å²) < 4.78 is 12.8.